The lowest BCUT2D eigenvalue weighted by Gasteiger charge is -2.08. The normalized spacial score (nSPS) is 12.5. The summed E-state index contributed by atoms with van der Waals surface area (Å²) in [5, 5.41) is 0. The van der Waals surface area contributed by atoms with Gasteiger partial charge in [-0.25, -0.2) is 0 Å². The molecule has 0 aliphatic heterocycles. The van der Waals surface area contributed by atoms with Crippen LogP contribution in [0.15, 0.2) is 60.7 Å². The maximum absolute atomic E-state index is 5.84. The van der Waals surface area contributed by atoms with Gasteiger partial charge in [-0.15, -0.1) is 0 Å². The first-order chi connectivity index (χ1) is 9.25. The molecule has 2 aromatic carbocycles. The summed E-state index contributed by atoms with van der Waals surface area (Å²) in [5.41, 5.74) is 8.11. The van der Waals surface area contributed by atoms with Crippen molar-refractivity contribution in [3.05, 3.63) is 71.8 Å². The molecule has 2 heteroatoms. The van der Waals surface area contributed by atoms with Gasteiger partial charge in [0.15, 0.2) is 0 Å². The maximum atomic E-state index is 5.84. The molecular weight excluding hydrogens is 234 g/mol. The highest BCUT2D eigenvalue weighted by atomic mass is 16.5. The van der Waals surface area contributed by atoms with E-state index in [9.17, 15) is 0 Å². The third-order valence-electron chi connectivity index (χ3n) is 2.84. The predicted molar refractivity (Wildman–Crippen MR) is 80.0 cm³/mol. The van der Waals surface area contributed by atoms with E-state index in [0.29, 0.717) is 6.61 Å². The second kappa shape index (κ2) is 6.76. The Morgan fingerprint density at radius 2 is 1.89 bits per heavy atom. The Morgan fingerprint density at radius 1 is 1.11 bits per heavy atom. The van der Waals surface area contributed by atoms with Gasteiger partial charge in [-0.05, 0) is 36.3 Å². The molecule has 0 saturated carbocycles. The molecular formula is C17H19NO. The van der Waals surface area contributed by atoms with Crippen molar-refractivity contribution in [1.29, 1.82) is 0 Å². The number of nitrogens with two attached hydrogens (primary N) is 1. The molecule has 1 atom stereocenters. The average Bonchev–Trinajstić information content (AvgIpc) is 2.45. The summed E-state index contributed by atoms with van der Waals surface area (Å²) < 4.78 is 5.68. The molecule has 0 bridgehead atoms. The lowest BCUT2D eigenvalue weighted by Crippen LogP contribution is -2.05. The summed E-state index contributed by atoms with van der Waals surface area (Å²) in [5.74, 6) is 0.854. The van der Waals surface area contributed by atoms with Crippen molar-refractivity contribution in [2.75, 3.05) is 6.61 Å². The van der Waals surface area contributed by atoms with Crippen LogP contribution >= 0.6 is 0 Å². The van der Waals surface area contributed by atoms with Crippen LogP contribution in [0.3, 0.4) is 0 Å². The highest BCUT2D eigenvalue weighted by Gasteiger charge is 2.00. The highest BCUT2D eigenvalue weighted by Crippen LogP contribution is 2.17. The third kappa shape index (κ3) is 4.27. The maximum Gasteiger partial charge on any atom is 0.120 e. The molecule has 0 heterocycles. The topological polar surface area (TPSA) is 35.2 Å². The Balaban J connectivity index is 1.89. The van der Waals surface area contributed by atoms with Crippen molar-refractivity contribution >= 4 is 6.08 Å². The van der Waals surface area contributed by atoms with Gasteiger partial charge in [-0.2, -0.15) is 0 Å². The summed E-state index contributed by atoms with van der Waals surface area (Å²) in [6.45, 7) is 2.52. The van der Waals surface area contributed by atoms with Crippen LogP contribution in [0, 0.1) is 0 Å². The molecule has 0 unspecified atom stereocenters. The molecule has 0 radical (unpaired) electrons. The largest absolute Gasteiger partial charge is 0.490 e. The van der Waals surface area contributed by atoms with E-state index in [-0.39, 0.29) is 6.04 Å². The van der Waals surface area contributed by atoms with Gasteiger partial charge in [0.05, 0.1) is 0 Å². The Bertz CT molecular complexity index is 532. The Kier molecular flexibility index (Phi) is 4.76. The number of hydrogen-bond acceptors (Lipinski definition) is 2. The smallest absolute Gasteiger partial charge is 0.120 e. The first kappa shape index (κ1) is 13.4. The Labute approximate surface area is 114 Å². The molecule has 2 N–H and O–H groups in total. The molecule has 19 heavy (non-hydrogen) atoms. The van der Waals surface area contributed by atoms with E-state index < -0.39 is 0 Å². The zero-order valence-corrected chi connectivity index (χ0v) is 11.1. The second-order valence-corrected chi connectivity index (χ2v) is 4.49. The Morgan fingerprint density at radius 3 is 2.63 bits per heavy atom. The van der Waals surface area contributed by atoms with Crippen LogP contribution in [0.1, 0.15) is 24.1 Å². The van der Waals surface area contributed by atoms with Crippen LogP contribution < -0.4 is 10.5 Å². The van der Waals surface area contributed by atoms with Crippen LogP contribution in [-0.4, -0.2) is 6.61 Å². The fourth-order valence-electron chi connectivity index (χ4n) is 1.78. The Hall–Kier alpha value is -2.06. The minimum absolute atomic E-state index is 0.0309. The van der Waals surface area contributed by atoms with E-state index in [2.05, 4.69) is 18.2 Å². The summed E-state index contributed by atoms with van der Waals surface area (Å²) in [6, 6.07) is 18.1. The minimum atomic E-state index is 0.0309. The van der Waals surface area contributed by atoms with Gasteiger partial charge in [0.25, 0.3) is 0 Å². The monoisotopic (exact) mass is 253 g/mol. The lowest BCUT2D eigenvalue weighted by atomic mass is 10.1. The summed E-state index contributed by atoms with van der Waals surface area (Å²) >= 11 is 0. The molecule has 0 spiro atoms. The van der Waals surface area contributed by atoms with Crippen molar-refractivity contribution in [3.8, 4) is 5.75 Å². The third-order valence-corrected chi connectivity index (χ3v) is 2.84. The van der Waals surface area contributed by atoms with Crippen molar-refractivity contribution in [3.63, 3.8) is 0 Å². The van der Waals surface area contributed by atoms with E-state index >= 15 is 0 Å². The average molecular weight is 253 g/mol. The first-order valence-corrected chi connectivity index (χ1v) is 6.45. The molecule has 98 valence electrons. The summed E-state index contributed by atoms with van der Waals surface area (Å²) in [4.78, 5) is 0. The van der Waals surface area contributed by atoms with Gasteiger partial charge < -0.3 is 10.5 Å². The van der Waals surface area contributed by atoms with E-state index in [4.69, 9.17) is 10.5 Å². The number of hydrogen-bond donors (Lipinski definition) is 1. The number of rotatable bonds is 5. The SMILES string of the molecule is C[C@H](N)c1cccc(OCC=Cc2ccccc2)c1. The molecule has 2 nitrogen and oxygen atoms in total. The molecule has 0 fully saturated rings. The summed E-state index contributed by atoms with van der Waals surface area (Å²) in [7, 11) is 0. The van der Waals surface area contributed by atoms with Crippen LogP contribution in [0.5, 0.6) is 5.75 Å². The van der Waals surface area contributed by atoms with Crippen LogP contribution in [-0.2, 0) is 0 Å². The van der Waals surface area contributed by atoms with Crippen LogP contribution in [0.4, 0.5) is 0 Å². The second-order valence-electron chi connectivity index (χ2n) is 4.49. The molecule has 0 aromatic heterocycles. The number of benzene rings is 2. The van der Waals surface area contributed by atoms with Gasteiger partial charge in [-0.3, -0.25) is 0 Å². The van der Waals surface area contributed by atoms with E-state index in [1.54, 1.807) is 0 Å². The van der Waals surface area contributed by atoms with E-state index in [1.165, 1.54) is 5.56 Å². The van der Waals surface area contributed by atoms with Gasteiger partial charge in [-0.1, -0.05) is 48.5 Å². The fraction of sp³-hybridized carbons (Fsp3) is 0.176. The zero-order chi connectivity index (χ0) is 13.5. The van der Waals surface area contributed by atoms with Crippen molar-refractivity contribution in [2.24, 2.45) is 5.73 Å². The predicted octanol–water partition coefficient (Wildman–Crippen LogP) is 3.80. The fourth-order valence-corrected chi connectivity index (χ4v) is 1.78. The van der Waals surface area contributed by atoms with Crippen LogP contribution in [0.25, 0.3) is 6.08 Å². The quantitative estimate of drug-likeness (QED) is 0.879. The van der Waals surface area contributed by atoms with Gasteiger partial charge in [0.1, 0.15) is 12.4 Å². The zero-order valence-electron chi connectivity index (χ0n) is 11.1. The molecule has 2 rings (SSSR count). The van der Waals surface area contributed by atoms with Gasteiger partial charge in [0.2, 0.25) is 0 Å². The molecule has 0 amide bonds. The lowest BCUT2D eigenvalue weighted by molar-refractivity contribution is 0.363. The van der Waals surface area contributed by atoms with Crippen molar-refractivity contribution in [1.82, 2.24) is 0 Å². The van der Waals surface area contributed by atoms with E-state index in [1.807, 2.05) is 55.5 Å². The highest BCUT2D eigenvalue weighted by molar-refractivity contribution is 5.48. The minimum Gasteiger partial charge on any atom is -0.490 e. The molecule has 0 aliphatic rings. The molecule has 0 saturated heterocycles. The van der Waals surface area contributed by atoms with Crippen molar-refractivity contribution in [2.45, 2.75) is 13.0 Å². The molecule has 0 aliphatic carbocycles. The summed E-state index contributed by atoms with van der Waals surface area (Å²) in [6.07, 6.45) is 4.06. The number of ether oxygens (including phenoxy) is 1. The van der Waals surface area contributed by atoms with Gasteiger partial charge in [0, 0.05) is 6.04 Å². The standard InChI is InChI=1S/C17H19NO/c1-14(18)16-10-5-11-17(13-16)19-12-6-9-15-7-3-2-4-8-15/h2-11,13-14H,12,18H2,1H3/t14-/m0/s1. The van der Waals surface area contributed by atoms with Gasteiger partial charge >= 0.3 is 0 Å². The first-order valence-electron chi connectivity index (χ1n) is 6.45. The molecule has 2 aromatic rings. The van der Waals surface area contributed by atoms with E-state index in [0.717, 1.165) is 11.3 Å². The van der Waals surface area contributed by atoms with Crippen LogP contribution in [0.2, 0.25) is 0 Å². The van der Waals surface area contributed by atoms with Crippen molar-refractivity contribution < 1.29 is 4.74 Å².